The summed E-state index contributed by atoms with van der Waals surface area (Å²) < 4.78 is 38.8. The van der Waals surface area contributed by atoms with E-state index < -0.39 is 23.5 Å². The fourth-order valence-electron chi connectivity index (χ4n) is 1.44. The molecule has 0 aliphatic carbocycles. The standard InChI is InChI=1S/C12H16F3NO/c1-7(2)5-16-11(6-17)8-3-9(13)12(15)10(14)4-8/h3-4,7,11,16-17H,5-6H2,1-2H3. The number of hydrogen-bond donors (Lipinski definition) is 2. The Labute approximate surface area is 98.5 Å². The Balaban J connectivity index is 2.88. The molecule has 2 nitrogen and oxygen atoms in total. The first kappa shape index (κ1) is 14.0. The predicted molar refractivity (Wildman–Crippen MR) is 59.0 cm³/mol. The smallest absolute Gasteiger partial charge is 0.194 e. The number of rotatable bonds is 5. The maximum Gasteiger partial charge on any atom is 0.194 e. The molecule has 0 heterocycles. The average Bonchev–Trinajstić information content (AvgIpc) is 2.26. The molecule has 0 spiro atoms. The fourth-order valence-corrected chi connectivity index (χ4v) is 1.44. The van der Waals surface area contributed by atoms with Crippen molar-refractivity contribution in [3.8, 4) is 0 Å². The lowest BCUT2D eigenvalue weighted by Crippen LogP contribution is -2.28. The van der Waals surface area contributed by atoms with Gasteiger partial charge in [-0.15, -0.1) is 0 Å². The van der Waals surface area contributed by atoms with Crippen molar-refractivity contribution in [2.75, 3.05) is 13.2 Å². The Morgan fingerprint density at radius 3 is 2.12 bits per heavy atom. The molecular weight excluding hydrogens is 231 g/mol. The third kappa shape index (κ3) is 3.71. The summed E-state index contributed by atoms with van der Waals surface area (Å²) in [7, 11) is 0. The topological polar surface area (TPSA) is 32.3 Å². The number of hydrogen-bond acceptors (Lipinski definition) is 2. The van der Waals surface area contributed by atoms with Gasteiger partial charge in [0.15, 0.2) is 17.5 Å². The van der Waals surface area contributed by atoms with E-state index in [1.807, 2.05) is 13.8 Å². The SMILES string of the molecule is CC(C)CNC(CO)c1cc(F)c(F)c(F)c1. The van der Waals surface area contributed by atoms with Gasteiger partial charge in [-0.1, -0.05) is 13.8 Å². The van der Waals surface area contributed by atoms with Gasteiger partial charge in [-0.2, -0.15) is 0 Å². The Kier molecular flexibility index (Phi) is 4.96. The highest BCUT2D eigenvalue weighted by molar-refractivity contribution is 5.22. The molecule has 1 aromatic carbocycles. The van der Waals surface area contributed by atoms with Crippen molar-refractivity contribution in [2.45, 2.75) is 19.9 Å². The average molecular weight is 247 g/mol. The molecule has 1 rings (SSSR count). The van der Waals surface area contributed by atoms with E-state index in [4.69, 9.17) is 5.11 Å². The van der Waals surface area contributed by atoms with E-state index in [2.05, 4.69) is 5.32 Å². The van der Waals surface area contributed by atoms with Crippen LogP contribution in [0.1, 0.15) is 25.5 Å². The fraction of sp³-hybridized carbons (Fsp3) is 0.500. The monoisotopic (exact) mass is 247 g/mol. The van der Waals surface area contributed by atoms with Gasteiger partial charge in [-0.3, -0.25) is 0 Å². The molecule has 1 aromatic rings. The number of nitrogens with one attached hydrogen (secondary N) is 1. The summed E-state index contributed by atoms with van der Waals surface area (Å²) in [4.78, 5) is 0. The van der Waals surface area contributed by atoms with Crippen LogP contribution in [-0.2, 0) is 0 Å². The summed E-state index contributed by atoms with van der Waals surface area (Å²) in [6, 6.07) is 1.20. The van der Waals surface area contributed by atoms with Crippen LogP contribution in [0.3, 0.4) is 0 Å². The van der Waals surface area contributed by atoms with Gasteiger partial charge in [0, 0.05) is 0 Å². The van der Waals surface area contributed by atoms with Gasteiger partial charge < -0.3 is 10.4 Å². The third-order valence-corrected chi connectivity index (χ3v) is 2.36. The van der Waals surface area contributed by atoms with E-state index in [0.29, 0.717) is 12.5 Å². The number of aliphatic hydroxyl groups is 1. The summed E-state index contributed by atoms with van der Waals surface area (Å²) in [5.41, 5.74) is 0.199. The molecule has 0 aliphatic rings. The zero-order chi connectivity index (χ0) is 13.0. The summed E-state index contributed by atoms with van der Waals surface area (Å²) in [6.07, 6.45) is 0. The van der Waals surface area contributed by atoms with E-state index in [0.717, 1.165) is 12.1 Å². The molecule has 0 radical (unpaired) electrons. The first-order valence-electron chi connectivity index (χ1n) is 5.44. The van der Waals surface area contributed by atoms with Crippen LogP contribution in [0.2, 0.25) is 0 Å². The van der Waals surface area contributed by atoms with Crippen molar-refractivity contribution in [2.24, 2.45) is 5.92 Å². The van der Waals surface area contributed by atoms with Crippen molar-refractivity contribution in [3.63, 3.8) is 0 Å². The van der Waals surface area contributed by atoms with Crippen LogP contribution in [0.4, 0.5) is 13.2 Å². The maximum absolute atomic E-state index is 13.0. The minimum absolute atomic E-state index is 0.199. The molecule has 96 valence electrons. The molecule has 5 heteroatoms. The molecule has 0 fully saturated rings. The van der Waals surface area contributed by atoms with E-state index in [1.54, 1.807) is 0 Å². The first-order chi connectivity index (χ1) is 7.95. The van der Waals surface area contributed by atoms with Gasteiger partial charge in [0.2, 0.25) is 0 Å². The van der Waals surface area contributed by atoms with Crippen LogP contribution in [0.5, 0.6) is 0 Å². The van der Waals surface area contributed by atoms with Gasteiger partial charge in [-0.05, 0) is 30.2 Å². The highest BCUT2D eigenvalue weighted by Gasteiger charge is 2.16. The second kappa shape index (κ2) is 6.02. The Bertz CT molecular complexity index is 359. The Morgan fingerprint density at radius 1 is 1.18 bits per heavy atom. The van der Waals surface area contributed by atoms with Crippen molar-refractivity contribution in [1.82, 2.24) is 5.32 Å². The zero-order valence-corrected chi connectivity index (χ0v) is 9.80. The first-order valence-corrected chi connectivity index (χ1v) is 5.44. The van der Waals surface area contributed by atoms with Crippen LogP contribution in [0.25, 0.3) is 0 Å². The van der Waals surface area contributed by atoms with Crippen LogP contribution in [0.15, 0.2) is 12.1 Å². The highest BCUT2D eigenvalue weighted by Crippen LogP contribution is 2.19. The molecule has 0 bridgehead atoms. The molecule has 1 unspecified atom stereocenters. The third-order valence-electron chi connectivity index (χ3n) is 2.36. The van der Waals surface area contributed by atoms with Crippen molar-refractivity contribution < 1.29 is 18.3 Å². The van der Waals surface area contributed by atoms with Crippen molar-refractivity contribution in [1.29, 1.82) is 0 Å². The Hall–Kier alpha value is -1.07. The molecule has 1 atom stereocenters. The van der Waals surface area contributed by atoms with Gasteiger partial charge in [0.05, 0.1) is 12.6 Å². The van der Waals surface area contributed by atoms with Crippen LogP contribution in [-0.4, -0.2) is 18.3 Å². The minimum atomic E-state index is -1.49. The lowest BCUT2D eigenvalue weighted by molar-refractivity contribution is 0.240. The van der Waals surface area contributed by atoms with E-state index in [-0.39, 0.29) is 12.2 Å². The lowest BCUT2D eigenvalue weighted by Gasteiger charge is -2.18. The zero-order valence-electron chi connectivity index (χ0n) is 9.80. The summed E-state index contributed by atoms with van der Waals surface area (Å²) in [6.45, 7) is 4.21. The summed E-state index contributed by atoms with van der Waals surface area (Å²) in [5.74, 6) is -3.65. The maximum atomic E-state index is 13.0. The number of aliphatic hydroxyl groups excluding tert-OH is 1. The van der Waals surface area contributed by atoms with Crippen molar-refractivity contribution in [3.05, 3.63) is 35.1 Å². The molecule has 0 aliphatic heterocycles. The number of benzene rings is 1. The molecule has 0 saturated heterocycles. The van der Waals surface area contributed by atoms with Crippen LogP contribution < -0.4 is 5.32 Å². The second-order valence-electron chi connectivity index (χ2n) is 4.34. The highest BCUT2D eigenvalue weighted by atomic mass is 19.2. The molecule has 0 aromatic heterocycles. The van der Waals surface area contributed by atoms with E-state index in [1.165, 1.54) is 0 Å². The molecule has 2 N–H and O–H groups in total. The summed E-state index contributed by atoms with van der Waals surface area (Å²) in [5, 5.41) is 12.1. The molecule has 0 amide bonds. The molecule has 0 saturated carbocycles. The normalized spacial score (nSPS) is 13.1. The summed E-state index contributed by atoms with van der Waals surface area (Å²) >= 11 is 0. The predicted octanol–water partition coefficient (Wildman–Crippen LogP) is 2.38. The molecule has 17 heavy (non-hydrogen) atoms. The van der Waals surface area contributed by atoms with Crippen LogP contribution >= 0.6 is 0 Å². The van der Waals surface area contributed by atoms with Gasteiger partial charge in [0.1, 0.15) is 0 Å². The van der Waals surface area contributed by atoms with E-state index in [9.17, 15) is 13.2 Å². The van der Waals surface area contributed by atoms with Gasteiger partial charge >= 0.3 is 0 Å². The largest absolute Gasteiger partial charge is 0.394 e. The van der Waals surface area contributed by atoms with Crippen LogP contribution in [0, 0.1) is 23.4 Å². The quantitative estimate of drug-likeness (QED) is 0.783. The van der Waals surface area contributed by atoms with Gasteiger partial charge in [-0.25, -0.2) is 13.2 Å². The van der Waals surface area contributed by atoms with Gasteiger partial charge in [0.25, 0.3) is 0 Å². The molecular formula is C12H16F3NO. The lowest BCUT2D eigenvalue weighted by atomic mass is 10.1. The van der Waals surface area contributed by atoms with Crippen molar-refractivity contribution >= 4 is 0 Å². The van der Waals surface area contributed by atoms with E-state index >= 15 is 0 Å². The Morgan fingerprint density at radius 2 is 1.71 bits per heavy atom. The minimum Gasteiger partial charge on any atom is -0.394 e. The number of halogens is 3. The second-order valence-corrected chi connectivity index (χ2v) is 4.34.